The summed E-state index contributed by atoms with van der Waals surface area (Å²) in [6.45, 7) is 0. The highest BCUT2D eigenvalue weighted by atomic mass is 14.6. The second kappa shape index (κ2) is 8.44. The third kappa shape index (κ3) is 3.52. The van der Waals surface area contributed by atoms with E-state index in [2.05, 4.69) is 84.9 Å². The van der Waals surface area contributed by atoms with Crippen LogP contribution in [0.2, 0.25) is 0 Å². The number of anilines is 2. The second-order valence-corrected chi connectivity index (χ2v) is 7.81. The smallest absolute Gasteiger partial charge is 0.0473 e. The first-order valence-corrected chi connectivity index (χ1v) is 10.7. The third-order valence-corrected chi connectivity index (χ3v) is 5.88. The van der Waals surface area contributed by atoms with Crippen molar-refractivity contribution in [1.82, 2.24) is 0 Å². The van der Waals surface area contributed by atoms with Crippen LogP contribution in [0.4, 0.5) is 11.4 Å². The summed E-state index contributed by atoms with van der Waals surface area (Å²) in [6.07, 6.45) is 0. The maximum atomic E-state index is 6.85. The molecule has 2 nitrogen and oxygen atoms in total. The van der Waals surface area contributed by atoms with E-state index in [-0.39, 0.29) is 0 Å². The largest absolute Gasteiger partial charge is 0.398 e. The molecule has 5 aromatic rings. The van der Waals surface area contributed by atoms with E-state index in [0.717, 1.165) is 50.3 Å². The summed E-state index contributed by atoms with van der Waals surface area (Å²) in [7, 11) is 0. The maximum absolute atomic E-state index is 6.85. The minimum atomic E-state index is 0.754. The first-order valence-electron chi connectivity index (χ1n) is 10.7. The van der Waals surface area contributed by atoms with E-state index in [1.165, 1.54) is 5.56 Å². The molecule has 0 unspecified atom stereocenters. The first-order chi connectivity index (χ1) is 15.7. The highest BCUT2D eigenvalue weighted by molar-refractivity contribution is 5.98. The zero-order valence-electron chi connectivity index (χ0n) is 17.7. The van der Waals surface area contributed by atoms with E-state index < -0.39 is 0 Å². The lowest BCUT2D eigenvalue weighted by Crippen LogP contribution is -1.97. The minimum Gasteiger partial charge on any atom is -0.398 e. The highest BCUT2D eigenvalue weighted by Gasteiger charge is 2.16. The van der Waals surface area contributed by atoms with Gasteiger partial charge < -0.3 is 11.5 Å². The Morgan fingerprint density at radius 1 is 0.312 bits per heavy atom. The number of hydrogen-bond donors (Lipinski definition) is 2. The average molecular weight is 413 g/mol. The Labute approximate surface area is 188 Å². The van der Waals surface area contributed by atoms with Gasteiger partial charge in [-0.2, -0.15) is 0 Å². The zero-order valence-corrected chi connectivity index (χ0v) is 17.7. The molecule has 0 saturated carbocycles. The fourth-order valence-electron chi connectivity index (χ4n) is 4.32. The van der Waals surface area contributed by atoms with Gasteiger partial charge in [0.15, 0.2) is 0 Å². The molecule has 5 aromatic carbocycles. The zero-order chi connectivity index (χ0) is 21.9. The lowest BCUT2D eigenvalue weighted by Gasteiger charge is -2.17. The van der Waals surface area contributed by atoms with Crippen molar-refractivity contribution in [2.24, 2.45) is 0 Å². The summed E-state index contributed by atoms with van der Waals surface area (Å²) in [5, 5.41) is 0. The van der Waals surface area contributed by atoms with E-state index in [1.54, 1.807) is 0 Å². The summed E-state index contributed by atoms with van der Waals surface area (Å²) in [4.78, 5) is 0. The Hall–Kier alpha value is -4.30. The molecule has 32 heavy (non-hydrogen) atoms. The van der Waals surface area contributed by atoms with Gasteiger partial charge in [-0.15, -0.1) is 0 Å². The standard InChI is InChI=1S/C30H24N2/c31-29-20-9-8-17-26(29)24-15-6-7-16-25(24)28-19-10-18-27(30(28)32)23-14-5-4-13-22(23)21-11-2-1-3-12-21/h1-20H,31-32H2. The molecule has 0 atom stereocenters. The molecule has 0 radical (unpaired) electrons. The van der Waals surface area contributed by atoms with Gasteiger partial charge in [-0.1, -0.05) is 115 Å². The molecule has 0 heterocycles. The molecule has 0 bridgehead atoms. The molecular weight excluding hydrogens is 388 g/mol. The van der Waals surface area contributed by atoms with Crippen LogP contribution in [0.25, 0.3) is 44.5 Å². The maximum Gasteiger partial charge on any atom is 0.0473 e. The summed E-state index contributed by atoms with van der Waals surface area (Å²) >= 11 is 0. The molecule has 4 N–H and O–H groups in total. The lowest BCUT2D eigenvalue weighted by atomic mass is 9.88. The Bertz CT molecular complexity index is 1390. The van der Waals surface area contributed by atoms with Crippen LogP contribution in [-0.2, 0) is 0 Å². The topological polar surface area (TPSA) is 52.0 Å². The van der Waals surface area contributed by atoms with Crippen LogP contribution in [0.5, 0.6) is 0 Å². The van der Waals surface area contributed by atoms with Crippen molar-refractivity contribution in [3.8, 4) is 44.5 Å². The number of nitrogen functional groups attached to an aromatic ring is 2. The van der Waals surface area contributed by atoms with Gasteiger partial charge in [0.05, 0.1) is 0 Å². The van der Waals surface area contributed by atoms with Crippen molar-refractivity contribution in [2.75, 3.05) is 11.5 Å². The molecule has 0 aliphatic heterocycles. The molecule has 0 aromatic heterocycles. The molecular formula is C30H24N2. The fourth-order valence-corrected chi connectivity index (χ4v) is 4.32. The molecule has 0 amide bonds. The van der Waals surface area contributed by atoms with Crippen LogP contribution in [0.1, 0.15) is 0 Å². The van der Waals surface area contributed by atoms with Crippen molar-refractivity contribution >= 4 is 11.4 Å². The van der Waals surface area contributed by atoms with Gasteiger partial charge in [0.2, 0.25) is 0 Å². The van der Waals surface area contributed by atoms with Crippen LogP contribution in [0.3, 0.4) is 0 Å². The number of hydrogen-bond acceptors (Lipinski definition) is 2. The SMILES string of the molecule is Nc1ccccc1-c1ccccc1-c1cccc(-c2ccccc2-c2ccccc2)c1N. The van der Waals surface area contributed by atoms with Crippen molar-refractivity contribution in [3.63, 3.8) is 0 Å². The Balaban J connectivity index is 1.70. The number of rotatable bonds is 4. The minimum absolute atomic E-state index is 0.754. The normalized spacial score (nSPS) is 10.8. The van der Waals surface area contributed by atoms with E-state index in [1.807, 2.05) is 36.4 Å². The summed E-state index contributed by atoms with van der Waals surface area (Å²) in [5.41, 5.74) is 23.3. The van der Waals surface area contributed by atoms with Gasteiger partial charge in [0, 0.05) is 28.1 Å². The Morgan fingerprint density at radius 2 is 0.719 bits per heavy atom. The van der Waals surface area contributed by atoms with Gasteiger partial charge in [-0.25, -0.2) is 0 Å². The number of benzene rings is 5. The molecule has 0 spiro atoms. The molecule has 5 rings (SSSR count). The molecule has 154 valence electrons. The molecule has 0 aliphatic rings. The lowest BCUT2D eigenvalue weighted by molar-refractivity contribution is 1.55. The van der Waals surface area contributed by atoms with Gasteiger partial charge in [0.25, 0.3) is 0 Å². The highest BCUT2D eigenvalue weighted by Crippen LogP contribution is 2.42. The van der Waals surface area contributed by atoms with Crippen LogP contribution >= 0.6 is 0 Å². The van der Waals surface area contributed by atoms with Crippen LogP contribution in [-0.4, -0.2) is 0 Å². The predicted molar refractivity (Wildman–Crippen MR) is 137 cm³/mol. The van der Waals surface area contributed by atoms with Crippen molar-refractivity contribution in [3.05, 3.63) is 121 Å². The summed E-state index contributed by atoms with van der Waals surface area (Å²) < 4.78 is 0. The quantitative estimate of drug-likeness (QED) is 0.300. The Kier molecular flexibility index (Phi) is 5.19. The van der Waals surface area contributed by atoms with Gasteiger partial charge >= 0.3 is 0 Å². The van der Waals surface area contributed by atoms with E-state index >= 15 is 0 Å². The van der Waals surface area contributed by atoms with Crippen molar-refractivity contribution in [1.29, 1.82) is 0 Å². The van der Waals surface area contributed by atoms with Crippen LogP contribution in [0.15, 0.2) is 121 Å². The van der Waals surface area contributed by atoms with Crippen molar-refractivity contribution < 1.29 is 0 Å². The van der Waals surface area contributed by atoms with Gasteiger partial charge in [-0.3, -0.25) is 0 Å². The molecule has 0 aliphatic carbocycles. The second-order valence-electron chi connectivity index (χ2n) is 7.81. The van der Waals surface area contributed by atoms with Gasteiger partial charge in [-0.05, 0) is 33.9 Å². The Morgan fingerprint density at radius 3 is 1.31 bits per heavy atom. The predicted octanol–water partition coefficient (Wildman–Crippen LogP) is 7.52. The van der Waals surface area contributed by atoms with Crippen LogP contribution < -0.4 is 11.5 Å². The fraction of sp³-hybridized carbons (Fsp3) is 0. The average Bonchev–Trinajstić information content (AvgIpc) is 2.85. The number of para-hydroxylation sites is 2. The summed E-state index contributed by atoms with van der Waals surface area (Å²) in [6, 6.07) is 41.3. The van der Waals surface area contributed by atoms with E-state index in [0.29, 0.717) is 0 Å². The van der Waals surface area contributed by atoms with Crippen LogP contribution in [0, 0.1) is 0 Å². The van der Waals surface area contributed by atoms with Crippen molar-refractivity contribution in [2.45, 2.75) is 0 Å². The molecule has 0 fully saturated rings. The molecule has 0 saturated heterocycles. The third-order valence-electron chi connectivity index (χ3n) is 5.88. The monoisotopic (exact) mass is 412 g/mol. The van der Waals surface area contributed by atoms with E-state index in [4.69, 9.17) is 11.5 Å². The van der Waals surface area contributed by atoms with E-state index in [9.17, 15) is 0 Å². The number of nitrogens with two attached hydrogens (primary N) is 2. The molecule has 2 heteroatoms. The van der Waals surface area contributed by atoms with Gasteiger partial charge in [0.1, 0.15) is 0 Å². The summed E-state index contributed by atoms with van der Waals surface area (Å²) in [5.74, 6) is 0. The first kappa shape index (κ1) is 19.7.